The van der Waals surface area contributed by atoms with Crippen LogP contribution in [-0.4, -0.2) is 54.4 Å². The van der Waals surface area contributed by atoms with Gasteiger partial charge >= 0.3 is 0 Å². The first-order valence-electron chi connectivity index (χ1n) is 12.4. The van der Waals surface area contributed by atoms with E-state index in [4.69, 9.17) is 4.74 Å². The van der Waals surface area contributed by atoms with E-state index in [9.17, 15) is 26.0 Å². The van der Waals surface area contributed by atoms with E-state index in [1.54, 1.807) is 12.1 Å². The number of halogens is 4. The van der Waals surface area contributed by atoms with Gasteiger partial charge in [0.1, 0.15) is 11.9 Å². The largest absolute Gasteiger partial charge is 0.435 e. The summed E-state index contributed by atoms with van der Waals surface area (Å²) in [5.74, 6) is -5.55. The number of alkyl halides is 1. The van der Waals surface area contributed by atoms with E-state index in [1.807, 2.05) is 4.72 Å². The van der Waals surface area contributed by atoms with Crippen LogP contribution in [-0.2, 0) is 10.0 Å². The van der Waals surface area contributed by atoms with E-state index in [2.05, 4.69) is 25.6 Å². The number of ether oxygens (including phenoxy) is 1. The molecule has 9 nitrogen and oxygen atoms in total. The molecule has 5 rings (SSSR count). The smallest absolute Gasteiger partial charge is 0.232 e. The number of nitrogens with one attached hydrogen (secondary N) is 3. The van der Waals surface area contributed by atoms with Crippen molar-refractivity contribution in [1.82, 2.24) is 20.3 Å². The van der Waals surface area contributed by atoms with Crippen LogP contribution in [0, 0.1) is 23.4 Å². The van der Waals surface area contributed by atoms with Crippen molar-refractivity contribution in [3.63, 3.8) is 0 Å². The minimum Gasteiger partial charge on any atom is -0.435 e. The Morgan fingerprint density at radius 1 is 1.08 bits per heavy atom. The van der Waals surface area contributed by atoms with Crippen LogP contribution in [0.25, 0.3) is 11.3 Å². The highest BCUT2D eigenvalue weighted by molar-refractivity contribution is 7.92. The molecular formula is C25H26F4N6O3S. The van der Waals surface area contributed by atoms with Gasteiger partial charge in [0.25, 0.3) is 0 Å². The van der Waals surface area contributed by atoms with Crippen molar-refractivity contribution >= 4 is 21.7 Å². The lowest BCUT2D eigenvalue weighted by atomic mass is 10.1. The Bertz CT molecular complexity index is 1460. The van der Waals surface area contributed by atoms with Crippen LogP contribution < -0.4 is 20.1 Å². The number of aromatic nitrogens is 3. The molecule has 2 aliphatic rings. The Balaban J connectivity index is 1.36. The number of anilines is 2. The number of hydrogen-bond acceptors (Lipinski definition) is 8. The molecule has 3 aromatic rings. The fraction of sp³-hybridized carbons (Fsp3) is 0.400. The van der Waals surface area contributed by atoms with Crippen LogP contribution in [0.15, 0.2) is 36.7 Å². The number of hydrogen-bond donors (Lipinski definition) is 3. The quantitative estimate of drug-likeness (QED) is 0.244. The number of pyridine rings is 1. The van der Waals surface area contributed by atoms with Crippen LogP contribution in [0.5, 0.6) is 11.6 Å². The highest BCUT2D eigenvalue weighted by atomic mass is 32.2. The summed E-state index contributed by atoms with van der Waals surface area (Å²) in [6.45, 7) is 0.804. The van der Waals surface area contributed by atoms with Gasteiger partial charge < -0.3 is 15.4 Å². The topological polar surface area (TPSA) is 118 Å². The fourth-order valence-corrected chi connectivity index (χ4v) is 5.45. The van der Waals surface area contributed by atoms with Gasteiger partial charge in [-0.25, -0.2) is 36.5 Å². The van der Waals surface area contributed by atoms with E-state index in [0.717, 1.165) is 12.8 Å². The van der Waals surface area contributed by atoms with E-state index in [-0.39, 0.29) is 48.1 Å². The molecule has 0 spiro atoms. The minimum absolute atomic E-state index is 0.208. The van der Waals surface area contributed by atoms with Crippen LogP contribution >= 0.6 is 0 Å². The zero-order chi connectivity index (χ0) is 27.6. The zero-order valence-electron chi connectivity index (χ0n) is 20.6. The number of piperidine rings is 1. The average Bonchev–Trinajstić information content (AvgIpc) is 3.74. The summed E-state index contributed by atoms with van der Waals surface area (Å²) in [6, 6.07) is 4.96. The van der Waals surface area contributed by atoms with Gasteiger partial charge in [0.15, 0.2) is 17.4 Å². The highest BCUT2D eigenvalue weighted by Crippen LogP contribution is 2.36. The molecule has 0 amide bonds. The van der Waals surface area contributed by atoms with Gasteiger partial charge in [0.2, 0.25) is 27.7 Å². The maximum Gasteiger partial charge on any atom is 0.232 e. The van der Waals surface area contributed by atoms with Crippen molar-refractivity contribution in [3.05, 3.63) is 54.1 Å². The van der Waals surface area contributed by atoms with Crippen molar-refractivity contribution in [2.75, 3.05) is 28.9 Å². The molecule has 0 unspecified atom stereocenters. The monoisotopic (exact) mass is 566 g/mol. The van der Waals surface area contributed by atoms with Gasteiger partial charge in [-0.2, -0.15) is 4.39 Å². The Hall–Kier alpha value is -3.52. The molecule has 1 saturated heterocycles. The average molecular weight is 567 g/mol. The Labute approximate surface area is 222 Å². The van der Waals surface area contributed by atoms with Gasteiger partial charge in [-0.15, -0.1) is 0 Å². The van der Waals surface area contributed by atoms with Gasteiger partial charge in [-0.05, 0) is 30.5 Å². The summed E-state index contributed by atoms with van der Waals surface area (Å²) in [4.78, 5) is 12.6. The fourth-order valence-electron chi connectivity index (χ4n) is 4.21. The molecular weight excluding hydrogens is 540 g/mol. The van der Waals surface area contributed by atoms with Crippen LogP contribution in [0.4, 0.5) is 29.2 Å². The normalized spacial score (nSPS) is 19.5. The summed E-state index contributed by atoms with van der Waals surface area (Å²) in [5, 5.41) is 6.03. The molecule has 2 fully saturated rings. The maximum atomic E-state index is 14.9. The SMILES string of the molecule is O=S(=O)(CCC1CC1)Nc1c(F)cc(Oc2ncccc2-c2ccnc(N[C@@H]3CNC[C@@H](F)C3)n2)c(F)c1F. The van der Waals surface area contributed by atoms with E-state index in [0.29, 0.717) is 24.7 Å². The van der Waals surface area contributed by atoms with E-state index >= 15 is 0 Å². The summed E-state index contributed by atoms with van der Waals surface area (Å²) < 4.78 is 89.9. The lowest BCUT2D eigenvalue weighted by Gasteiger charge is -2.26. The van der Waals surface area contributed by atoms with Gasteiger partial charge in [-0.3, -0.25) is 4.72 Å². The molecule has 3 N–H and O–H groups in total. The van der Waals surface area contributed by atoms with Crippen LogP contribution in [0.3, 0.4) is 0 Å². The van der Waals surface area contributed by atoms with Crippen molar-refractivity contribution in [3.8, 4) is 22.9 Å². The highest BCUT2D eigenvalue weighted by Gasteiger charge is 2.28. The molecule has 14 heteroatoms. The zero-order valence-corrected chi connectivity index (χ0v) is 21.4. The van der Waals surface area contributed by atoms with E-state index in [1.165, 1.54) is 18.5 Å². The molecule has 1 aliphatic carbocycles. The number of sulfonamides is 1. The Morgan fingerprint density at radius 2 is 1.90 bits per heavy atom. The van der Waals surface area contributed by atoms with Crippen molar-refractivity contribution in [2.45, 2.75) is 37.9 Å². The van der Waals surface area contributed by atoms with E-state index < -0.39 is 45.1 Å². The molecule has 1 saturated carbocycles. The second-order valence-electron chi connectivity index (χ2n) is 9.57. The second kappa shape index (κ2) is 11.3. The maximum absolute atomic E-state index is 14.9. The third kappa shape index (κ3) is 6.74. The summed E-state index contributed by atoms with van der Waals surface area (Å²) in [6.07, 6.45) is 4.26. The standard InChI is InChI=1S/C25H26F4N6O3S/c26-15-10-16(13-30-12-15)33-25-32-8-5-19(34-25)17-2-1-7-31-24(17)38-20-11-18(27)23(22(29)21(20)28)35-39(36,37)9-6-14-3-4-14/h1-2,5,7-8,11,14-16,30,35H,3-4,6,9-10,12-13H2,(H,32,33,34)/t15-,16-/m0/s1. The van der Waals surface area contributed by atoms with Crippen molar-refractivity contribution < 1.29 is 30.7 Å². The number of rotatable bonds is 10. The first-order chi connectivity index (χ1) is 18.7. The third-order valence-electron chi connectivity index (χ3n) is 6.41. The van der Waals surface area contributed by atoms with Gasteiger partial charge in [0, 0.05) is 44.0 Å². The molecule has 0 radical (unpaired) electrons. The number of nitrogens with zero attached hydrogens (tertiary/aromatic N) is 3. The molecule has 1 aromatic carbocycles. The molecule has 208 valence electrons. The predicted molar refractivity (Wildman–Crippen MR) is 136 cm³/mol. The predicted octanol–water partition coefficient (Wildman–Crippen LogP) is 4.40. The molecule has 1 aliphatic heterocycles. The summed E-state index contributed by atoms with van der Waals surface area (Å²) >= 11 is 0. The van der Waals surface area contributed by atoms with Crippen LogP contribution in [0.1, 0.15) is 25.7 Å². The lowest BCUT2D eigenvalue weighted by molar-refractivity contribution is 0.254. The van der Waals surface area contributed by atoms with Crippen molar-refractivity contribution in [2.24, 2.45) is 5.92 Å². The lowest BCUT2D eigenvalue weighted by Crippen LogP contribution is -2.44. The third-order valence-corrected chi connectivity index (χ3v) is 7.70. The van der Waals surface area contributed by atoms with Crippen LogP contribution in [0.2, 0.25) is 0 Å². The first kappa shape index (κ1) is 27.1. The molecule has 0 bridgehead atoms. The first-order valence-corrected chi connectivity index (χ1v) is 14.1. The minimum atomic E-state index is -4.08. The second-order valence-corrected chi connectivity index (χ2v) is 11.4. The summed E-state index contributed by atoms with van der Waals surface area (Å²) in [5.41, 5.74) is -0.549. The molecule has 2 atom stereocenters. The summed E-state index contributed by atoms with van der Waals surface area (Å²) in [7, 11) is -4.08. The van der Waals surface area contributed by atoms with Gasteiger partial charge in [0.05, 0.1) is 17.0 Å². The Morgan fingerprint density at radius 3 is 2.67 bits per heavy atom. The van der Waals surface area contributed by atoms with Gasteiger partial charge in [-0.1, -0.05) is 12.8 Å². The molecule has 3 heterocycles. The molecule has 39 heavy (non-hydrogen) atoms. The number of benzene rings is 1. The van der Waals surface area contributed by atoms with Crippen molar-refractivity contribution in [1.29, 1.82) is 0 Å². The Kier molecular flexibility index (Phi) is 7.84. The molecule has 2 aromatic heterocycles.